The minimum Gasteiger partial charge on any atom is -0.448 e. The smallest absolute Gasteiger partial charge is 0.181 e. The van der Waals surface area contributed by atoms with Gasteiger partial charge in [-0.1, -0.05) is 13.8 Å². The van der Waals surface area contributed by atoms with Gasteiger partial charge in [0.25, 0.3) is 0 Å². The summed E-state index contributed by atoms with van der Waals surface area (Å²) in [6.45, 7) is 4.92. The molecular weight excluding hydrogens is 238 g/mol. The third-order valence-corrected chi connectivity index (χ3v) is 5.90. The first kappa shape index (κ1) is 12.0. The molecule has 1 aromatic heterocycles. The first-order valence-electron chi connectivity index (χ1n) is 7.50. The number of aliphatic hydroxyl groups excluding tert-OH is 1. The molecule has 0 saturated heterocycles. The Labute approximate surface area is 114 Å². The monoisotopic (exact) mass is 261 g/mol. The van der Waals surface area contributed by atoms with Gasteiger partial charge in [0.2, 0.25) is 0 Å². The van der Waals surface area contributed by atoms with E-state index < -0.39 is 0 Å². The summed E-state index contributed by atoms with van der Waals surface area (Å²) in [4.78, 5) is 4.22. The summed E-state index contributed by atoms with van der Waals surface area (Å²) >= 11 is 0. The van der Waals surface area contributed by atoms with Crippen LogP contribution in [0.3, 0.4) is 0 Å². The van der Waals surface area contributed by atoms with E-state index in [-0.39, 0.29) is 12.0 Å². The van der Waals surface area contributed by atoms with Gasteiger partial charge in [-0.2, -0.15) is 0 Å². The standard InChI is InChI=1S/C16H23NO2/c1-14-3-11-4-15(2,7-14)9-16(5-11,8-14)13-12(6-18)17-10-19-13/h10-11,18H,3-9H2,1-2H3. The van der Waals surface area contributed by atoms with Crippen LogP contribution in [0.4, 0.5) is 0 Å². The molecule has 4 fully saturated rings. The quantitative estimate of drug-likeness (QED) is 0.887. The lowest BCUT2D eigenvalue weighted by atomic mass is 9.40. The van der Waals surface area contributed by atoms with Crippen molar-refractivity contribution in [1.82, 2.24) is 4.98 Å². The molecule has 0 radical (unpaired) electrons. The normalized spacial score (nSPS) is 47.8. The summed E-state index contributed by atoms with van der Waals surface area (Å²) in [5.74, 6) is 1.83. The lowest BCUT2D eigenvalue weighted by Crippen LogP contribution is -2.57. The Hall–Kier alpha value is -0.830. The Kier molecular flexibility index (Phi) is 2.16. The Balaban J connectivity index is 1.83. The number of rotatable bonds is 2. The zero-order chi connectivity index (χ0) is 13.3. The molecule has 19 heavy (non-hydrogen) atoms. The van der Waals surface area contributed by atoms with Crippen molar-refractivity contribution in [2.75, 3.05) is 0 Å². The number of oxazole rings is 1. The van der Waals surface area contributed by atoms with Crippen LogP contribution < -0.4 is 0 Å². The molecule has 1 aromatic rings. The van der Waals surface area contributed by atoms with Gasteiger partial charge in [0.15, 0.2) is 6.39 Å². The maximum Gasteiger partial charge on any atom is 0.181 e. The van der Waals surface area contributed by atoms with Crippen LogP contribution >= 0.6 is 0 Å². The summed E-state index contributed by atoms with van der Waals surface area (Å²) in [5, 5.41) is 9.51. The van der Waals surface area contributed by atoms with Crippen molar-refractivity contribution in [3.63, 3.8) is 0 Å². The van der Waals surface area contributed by atoms with E-state index in [2.05, 4.69) is 18.8 Å². The Morgan fingerprint density at radius 3 is 2.47 bits per heavy atom. The number of aliphatic hydroxyl groups is 1. The molecule has 2 unspecified atom stereocenters. The van der Waals surface area contributed by atoms with E-state index in [0.717, 1.165) is 17.4 Å². The summed E-state index contributed by atoms with van der Waals surface area (Å²) in [5.41, 5.74) is 1.85. The fraction of sp³-hybridized carbons (Fsp3) is 0.812. The molecule has 3 nitrogen and oxygen atoms in total. The van der Waals surface area contributed by atoms with Gasteiger partial charge in [-0.3, -0.25) is 0 Å². The Morgan fingerprint density at radius 1 is 1.21 bits per heavy atom. The summed E-state index contributed by atoms with van der Waals surface area (Å²) in [7, 11) is 0. The van der Waals surface area contributed by atoms with Gasteiger partial charge in [0.1, 0.15) is 11.5 Å². The van der Waals surface area contributed by atoms with Crippen LogP contribution in [0.15, 0.2) is 10.8 Å². The molecule has 3 heteroatoms. The van der Waals surface area contributed by atoms with Gasteiger partial charge < -0.3 is 9.52 Å². The zero-order valence-corrected chi connectivity index (χ0v) is 11.9. The highest BCUT2D eigenvalue weighted by Crippen LogP contribution is 2.70. The topological polar surface area (TPSA) is 46.3 Å². The van der Waals surface area contributed by atoms with Crippen molar-refractivity contribution in [2.45, 2.75) is 64.4 Å². The molecule has 104 valence electrons. The highest BCUT2D eigenvalue weighted by atomic mass is 16.3. The summed E-state index contributed by atoms with van der Waals surface area (Å²) < 4.78 is 5.76. The molecule has 4 bridgehead atoms. The predicted molar refractivity (Wildman–Crippen MR) is 71.5 cm³/mol. The molecule has 0 aliphatic heterocycles. The van der Waals surface area contributed by atoms with E-state index in [1.807, 2.05) is 0 Å². The SMILES string of the molecule is CC12CC3CC(C)(C1)CC(c1ocnc1CO)(C3)C2. The van der Waals surface area contributed by atoms with E-state index in [1.165, 1.54) is 44.9 Å². The summed E-state index contributed by atoms with van der Waals surface area (Å²) in [6, 6.07) is 0. The van der Waals surface area contributed by atoms with Gasteiger partial charge in [0.05, 0.1) is 6.61 Å². The van der Waals surface area contributed by atoms with Crippen molar-refractivity contribution in [1.29, 1.82) is 0 Å². The number of hydrogen-bond acceptors (Lipinski definition) is 3. The van der Waals surface area contributed by atoms with Crippen molar-refractivity contribution in [3.05, 3.63) is 17.8 Å². The van der Waals surface area contributed by atoms with E-state index in [4.69, 9.17) is 4.42 Å². The van der Waals surface area contributed by atoms with E-state index in [0.29, 0.717) is 10.8 Å². The molecular formula is C16H23NO2. The number of hydrogen-bond donors (Lipinski definition) is 1. The minimum atomic E-state index is 0.00563. The zero-order valence-electron chi connectivity index (χ0n) is 11.9. The minimum absolute atomic E-state index is 0.00563. The van der Waals surface area contributed by atoms with Crippen molar-refractivity contribution in [2.24, 2.45) is 16.7 Å². The van der Waals surface area contributed by atoms with Gasteiger partial charge in [0, 0.05) is 5.41 Å². The molecule has 1 N–H and O–H groups in total. The summed E-state index contributed by atoms with van der Waals surface area (Å²) in [6.07, 6.45) is 9.31. The molecule has 2 atom stereocenters. The van der Waals surface area contributed by atoms with Crippen molar-refractivity contribution in [3.8, 4) is 0 Å². The average molecular weight is 261 g/mol. The first-order valence-corrected chi connectivity index (χ1v) is 7.50. The number of aromatic nitrogens is 1. The van der Waals surface area contributed by atoms with Crippen molar-refractivity contribution < 1.29 is 9.52 Å². The maximum absolute atomic E-state index is 9.51. The molecule has 1 heterocycles. The fourth-order valence-corrected chi connectivity index (χ4v) is 6.51. The van der Waals surface area contributed by atoms with E-state index in [9.17, 15) is 5.11 Å². The van der Waals surface area contributed by atoms with E-state index >= 15 is 0 Å². The Bertz CT molecular complexity index is 503. The van der Waals surface area contributed by atoms with Crippen LogP contribution in [-0.2, 0) is 12.0 Å². The molecule has 0 amide bonds. The third kappa shape index (κ3) is 1.57. The van der Waals surface area contributed by atoms with Crippen LogP contribution in [-0.4, -0.2) is 10.1 Å². The maximum atomic E-state index is 9.51. The molecule has 4 saturated carbocycles. The van der Waals surface area contributed by atoms with E-state index in [1.54, 1.807) is 0 Å². The van der Waals surface area contributed by atoms with Gasteiger partial charge >= 0.3 is 0 Å². The van der Waals surface area contributed by atoms with Crippen LogP contribution in [0.1, 0.15) is 63.8 Å². The second-order valence-electron chi connectivity index (χ2n) is 8.20. The molecule has 4 aliphatic carbocycles. The average Bonchev–Trinajstić information content (AvgIpc) is 2.72. The van der Waals surface area contributed by atoms with Gasteiger partial charge in [-0.15, -0.1) is 0 Å². The molecule has 0 aromatic carbocycles. The predicted octanol–water partition coefficient (Wildman–Crippen LogP) is 3.41. The van der Waals surface area contributed by atoms with Crippen LogP contribution in [0.5, 0.6) is 0 Å². The lowest BCUT2D eigenvalue weighted by molar-refractivity contribution is -0.116. The molecule has 5 rings (SSSR count). The fourth-order valence-electron chi connectivity index (χ4n) is 6.51. The van der Waals surface area contributed by atoms with Crippen LogP contribution in [0.2, 0.25) is 0 Å². The number of nitrogens with zero attached hydrogens (tertiary/aromatic N) is 1. The largest absolute Gasteiger partial charge is 0.448 e. The molecule has 0 spiro atoms. The lowest BCUT2D eigenvalue weighted by Gasteiger charge is -2.64. The highest BCUT2D eigenvalue weighted by molar-refractivity contribution is 5.27. The first-order chi connectivity index (χ1) is 8.96. The highest BCUT2D eigenvalue weighted by Gasteiger charge is 2.62. The van der Waals surface area contributed by atoms with Crippen molar-refractivity contribution >= 4 is 0 Å². The third-order valence-electron chi connectivity index (χ3n) is 5.90. The Morgan fingerprint density at radius 2 is 1.89 bits per heavy atom. The second kappa shape index (κ2) is 3.43. The van der Waals surface area contributed by atoms with Crippen LogP contribution in [0, 0.1) is 16.7 Å². The van der Waals surface area contributed by atoms with Gasteiger partial charge in [-0.05, 0) is 55.3 Å². The second-order valence-corrected chi connectivity index (χ2v) is 8.20. The van der Waals surface area contributed by atoms with Crippen LogP contribution in [0.25, 0.3) is 0 Å². The van der Waals surface area contributed by atoms with Gasteiger partial charge in [-0.25, -0.2) is 4.98 Å². The molecule has 4 aliphatic rings.